The summed E-state index contributed by atoms with van der Waals surface area (Å²) in [5.41, 5.74) is 1.14. The number of amides is 1. The first-order valence-corrected chi connectivity index (χ1v) is 10.1. The molecule has 0 radical (unpaired) electrons. The lowest BCUT2D eigenvalue weighted by atomic mass is 10.1. The number of sulfonamides is 1. The lowest BCUT2D eigenvalue weighted by Crippen LogP contribution is -2.40. The molecule has 0 atom stereocenters. The van der Waals surface area contributed by atoms with Crippen LogP contribution in [0.2, 0.25) is 0 Å². The first-order chi connectivity index (χ1) is 12.0. The monoisotopic (exact) mass is 369 g/mol. The van der Waals surface area contributed by atoms with Crippen molar-refractivity contribution in [3.8, 4) is 0 Å². The maximum Gasteiger partial charge on any atom is 0.251 e. The van der Waals surface area contributed by atoms with Crippen LogP contribution in [0.25, 0.3) is 0 Å². The second kappa shape index (κ2) is 9.28. The summed E-state index contributed by atoms with van der Waals surface area (Å²) in [6.07, 6.45) is 1.04. The fourth-order valence-electron chi connectivity index (χ4n) is 2.60. The van der Waals surface area contributed by atoms with Gasteiger partial charge in [-0.15, -0.1) is 0 Å². The summed E-state index contributed by atoms with van der Waals surface area (Å²) < 4.78 is 32.1. The number of hydrogen-bond donors (Lipinski definition) is 2. The van der Waals surface area contributed by atoms with Crippen LogP contribution in [0.4, 0.5) is 0 Å². The maximum absolute atomic E-state index is 12.7. The van der Waals surface area contributed by atoms with E-state index in [2.05, 4.69) is 17.6 Å². The quantitative estimate of drug-likeness (QED) is 0.660. The van der Waals surface area contributed by atoms with Crippen LogP contribution in [-0.2, 0) is 14.8 Å². The summed E-state index contributed by atoms with van der Waals surface area (Å²) in [7, 11) is -3.61. The highest BCUT2D eigenvalue weighted by Gasteiger charge is 2.27. The SMILES string of the molecule is CCCNCCNC(=O)c1cc(S(=O)(=O)N2CCOCC2)ccc1C. The van der Waals surface area contributed by atoms with E-state index in [-0.39, 0.29) is 10.8 Å². The Labute approximate surface area is 149 Å². The van der Waals surface area contributed by atoms with E-state index in [0.717, 1.165) is 18.5 Å². The molecular weight excluding hydrogens is 342 g/mol. The molecule has 1 aliphatic rings. The van der Waals surface area contributed by atoms with Gasteiger partial charge in [-0.3, -0.25) is 4.79 Å². The minimum atomic E-state index is -3.61. The van der Waals surface area contributed by atoms with Crippen LogP contribution in [0.5, 0.6) is 0 Å². The standard InChI is InChI=1S/C17H27N3O4S/c1-3-6-18-7-8-19-17(21)16-13-15(5-4-14(16)2)25(22,23)20-9-11-24-12-10-20/h4-5,13,18H,3,6-12H2,1-2H3,(H,19,21). The second-order valence-electron chi connectivity index (χ2n) is 6.00. The molecule has 0 aromatic heterocycles. The Morgan fingerprint density at radius 2 is 1.92 bits per heavy atom. The van der Waals surface area contributed by atoms with Crippen LogP contribution in [0, 0.1) is 6.92 Å². The molecule has 25 heavy (non-hydrogen) atoms. The van der Waals surface area contributed by atoms with Crippen molar-refractivity contribution in [3.05, 3.63) is 29.3 Å². The third kappa shape index (κ3) is 5.24. The molecule has 2 N–H and O–H groups in total. The maximum atomic E-state index is 12.7. The summed E-state index contributed by atoms with van der Waals surface area (Å²) >= 11 is 0. The zero-order chi connectivity index (χ0) is 18.3. The molecule has 140 valence electrons. The third-order valence-corrected chi connectivity index (χ3v) is 5.97. The summed E-state index contributed by atoms with van der Waals surface area (Å²) in [5, 5.41) is 6.03. The highest BCUT2D eigenvalue weighted by atomic mass is 32.2. The largest absolute Gasteiger partial charge is 0.379 e. The Hall–Kier alpha value is -1.48. The summed E-state index contributed by atoms with van der Waals surface area (Å²) in [4.78, 5) is 12.5. The van der Waals surface area contributed by atoms with E-state index in [1.807, 2.05) is 0 Å². The zero-order valence-electron chi connectivity index (χ0n) is 14.9. The van der Waals surface area contributed by atoms with Crippen molar-refractivity contribution >= 4 is 15.9 Å². The van der Waals surface area contributed by atoms with Crippen LogP contribution >= 0.6 is 0 Å². The van der Waals surface area contributed by atoms with Crippen LogP contribution < -0.4 is 10.6 Å². The number of benzene rings is 1. The predicted molar refractivity (Wildman–Crippen MR) is 96.3 cm³/mol. The van der Waals surface area contributed by atoms with E-state index >= 15 is 0 Å². The summed E-state index contributed by atoms with van der Waals surface area (Å²) in [6.45, 7) is 7.42. The molecule has 8 heteroatoms. The molecule has 1 aromatic carbocycles. The van der Waals surface area contributed by atoms with Crippen LogP contribution in [0.1, 0.15) is 29.3 Å². The Bertz CT molecular complexity index is 685. The molecule has 0 bridgehead atoms. The zero-order valence-corrected chi connectivity index (χ0v) is 15.7. The van der Waals surface area contributed by atoms with Gasteiger partial charge in [-0.1, -0.05) is 13.0 Å². The molecule has 1 amide bonds. The van der Waals surface area contributed by atoms with E-state index in [0.29, 0.717) is 45.0 Å². The topological polar surface area (TPSA) is 87.7 Å². The average molecular weight is 369 g/mol. The van der Waals surface area contributed by atoms with Crippen molar-refractivity contribution in [1.82, 2.24) is 14.9 Å². The molecule has 2 rings (SSSR count). The van der Waals surface area contributed by atoms with E-state index in [1.165, 1.54) is 10.4 Å². The van der Waals surface area contributed by atoms with E-state index < -0.39 is 10.0 Å². The molecule has 7 nitrogen and oxygen atoms in total. The molecule has 0 aliphatic carbocycles. The summed E-state index contributed by atoms with van der Waals surface area (Å²) in [5.74, 6) is -0.255. The number of nitrogens with zero attached hydrogens (tertiary/aromatic N) is 1. The Morgan fingerprint density at radius 1 is 1.20 bits per heavy atom. The second-order valence-corrected chi connectivity index (χ2v) is 7.94. The Balaban J connectivity index is 2.09. The van der Waals surface area contributed by atoms with Crippen molar-refractivity contribution < 1.29 is 17.9 Å². The van der Waals surface area contributed by atoms with Gasteiger partial charge >= 0.3 is 0 Å². The van der Waals surface area contributed by atoms with Crippen LogP contribution in [-0.4, -0.2) is 64.6 Å². The van der Waals surface area contributed by atoms with Gasteiger partial charge in [-0.25, -0.2) is 8.42 Å². The van der Waals surface area contributed by atoms with Crippen molar-refractivity contribution in [3.63, 3.8) is 0 Å². The number of morpholine rings is 1. The predicted octanol–water partition coefficient (Wildman–Crippen LogP) is 0.745. The normalized spacial score (nSPS) is 15.9. The van der Waals surface area contributed by atoms with Crippen molar-refractivity contribution in [2.24, 2.45) is 0 Å². The Morgan fingerprint density at radius 3 is 2.60 bits per heavy atom. The number of rotatable bonds is 8. The first-order valence-electron chi connectivity index (χ1n) is 8.64. The van der Waals surface area contributed by atoms with Gasteiger partial charge in [-0.05, 0) is 37.6 Å². The van der Waals surface area contributed by atoms with E-state index in [4.69, 9.17) is 4.74 Å². The molecular formula is C17H27N3O4S. The number of aryl methyl sites for hydroxylation is 1. The highest BCUT2D eigenvalue weighted by Crippen LogP contribution is 2.20. The minimum Gasteiger partial charge on any atom is -0.379 e. The number of ether oxygens (including phenoxy) is 1. The van der Waals surface area contributed by atoms with Gasteiger partial charge in [0, 0.05) is 31.7 Å². The van der Waals surface area contributed by atoms with Crippen molar-refractivity contribution in [2.75, 3.05) is 45.9 Å². The highest BCUT2D eigenvalue weighted by molar-refractivity contribution is 7.89. The molecule has 0 spiro atoms. The van der Waals surface area contributed by atoms with E-state index in [9.17, 15) is 13.2 Å². The van der Waals surface area contributed by atoms with Gasteiger partial charge in [0.05, 0.1) is 18.1 Å². The molecule has 1 fully saturated rings. The van der Waals surface area contributed by atoms with Gasteiger partial charge in [0.2, 0.25) is 10.0 Å². The molecule has 1 aromatic rings. The minimum absolute atomic E-state index is 0.147. The van der Waals surface area contributed by atoms with Gasteiger partial charge < -0.3 is 15.4 Å². The van der Waals surface area contributed by atoms with Crippen molar-refractivity contribution in [1.29, 1.82) is 0 Å². The third-order valence-electron chi connectivity index (χ3n) is 4.08. The van der Waals surface area contributed by atoms with Crippen LogP contribution in [0.3, 0.4) is 0 Å². The van der Waals surface area contributed by atoms with Crippen LogP contribution in [0.15, 0.2) is 23.1 Å². The Kier molecular flexibility index (Phi) is 7.37. The van der Waals surface area contributed by atoms with Gasteiger partial charge in [0.15, 0.2) is 0 Å². The summed E-state index contributed by atoms with van der Waals surface area (Å²) in [6, 6.07) is 4.70. The number of carbonyl (C=O) groups is 1. The first kappa shape index (κ1) is 19.8. The fourth-order valence-corrected chi connectivity index (χ4v) is 4.04. The average Bonchev–Trinajstić information content (AvgIpc) is 2.62. The molecule has 0 saturated carbocycles. The number of hydrogen-bond acceptors (Lipinski definition) is 5. The number of carbonyl (C=O) groups excluding carboxylic acids is 1. The number of nitrogens with one attached hydrogen (secondary N) is 2. The fraction of sp³-hybridized carbons (Fsp3) is 0.588. The molecule has 1 heterocycles. The van der Waals surface area contributed by atoms with Crippen molar-refractivity contribution in [2.45, 2.75) is 25.2 Å². The lowest BCUT2D eigenvalue weighted by molar-refractivity contribution is 0.0730. The lowest BCUT2D eigenvalue weighted by Gasteiger charge is -2.26. The molecule has 0 unspecified atom stereocenters. The van der Waals surface area contributed by atoms with Gasteiger partial charge in [-0.2, -0.15) is 4.31 Å². The molecule has 1 aliphatic heterocycles. The molecule has 1 saturated heterocycles. The van der Waals surface area contributed by atoms with E-state index in [1.54, 1.807) is 19.1 Å². The van der Waals surface area contributed by atoms with Gasteiger partial charge in [0.1, 0.15) is 0 Å². The smallest absolute Gasteiger partial charge is 0.251 e. The van der Waals surface area contributed by atoms with Gasteiger partial charge in [0.25, 0.3) is 5.91 Å².